The van der Waals surface area contributed by atoms with Crippen LogP contribution in [-0.4, -0.2) is 45.3 Å². The predicted molar refractivity (Wildman–Crippen MR) is 131 cm³/mol. The monoisotopic (exact) mass is 476 g/mol. The first-order chi connectivity index (χ1) is 16.7. The van der Waals surface area contributed by atoms with Gasteiger partial charge >= 0.3 is 0 Å². The number of carbonyl (C=O) groups is 3. The van der Waals surface area contributed by atoms with Crippen LogP contribution in [0.5, 0.6) is 17.2 Å². The SMILES string of the molecule is COc1c(C)cc(C=O)cc1C(O)(c1cc(C=O)cc(C)c1OC)c1cc(C=O)cc(C)c1OC. The molecule has 1 N–H and O–H groups in total. The van der Waals surface area contributed by atoms with Gasteiger partial charge in [0.05, 0.1) is 21.3 Å². The molecule has 0 amide bonds. The van der Waals surface area contributed by atoms with Gasteiger partial charge in [0.25, 0.3) is 0 Å². The lowest BCUT2D eigenvalue weighted by Crippen LogP contribution is -2.32. The highest BCUT2D eigenvalue weighted by Crippen LogP contribution is 2.50. The summed E-state index contributed by atoms with van der Waals surface area (Å²) in [6, 6.07) is 9.48. The van der Waals surface area contributed by atoms with Crippen molar-refractivity contribution in [2.75, 3.05) is 21.3 Å². The average Bonchev–Trinajstić information content (AvgIpc) is 2.86. The van der Waals surface area contributed by atoms with Gasteiger partial charge in [-0.05, 0) is 73.9 Å². The minimum Gasteiger partial charge on any atom is -0.496 e. The molecule has 182 valence electrons. The Labute approximate surface area is 204 Å². The lowest BCUT2D eigenvalue weighted by atomic mass is 9.76. The van der Waals surface area contributed by atoms with E-state index in [1.54, 1.807) is 39.0 Å². The molecule has 0 saturated carbocycles. The molecule has 0 fully saturated rings. The first kappa shape index (κ1) is 25.6. The number of hydrogen-bond donors (Lipinski definition) is 1. The van der Waals surface area contributed by atoms with Gasteiger partial charge in [-0.1, -0.05) is 0 Å². The molecule has 0 aliphatic carbocycles. The van der Waals surface area contributed by atoms with Crippen LogP contribution in [0, 0.1) is 20.8 Å². The highest BCUT2D eigenvalue weighted by atomic mass is 16.5. The van der Waals surface area contributed by atoms with Crippen LogP contribution in [0.2, 0.25) is 0 Å². The summed E-state index contributed by atoms with van der Waals surface area (Å²) < 4.78 is 17.1. The lowest BCUT2D eigenvalue weighted by Gasteiger charge is -2.35. The molecule has 3 rings (SSSR count). The van der Waals surface area contributed by atoms with Gasteiger partial charge < -0.3 is 19.3 Å². The van der Waals surface area contributed by atoms with Gasteiger partial charge in [-0.15, -0.1) is 0 Å². The summed E-state index contributed by atoms with van der Waals surface area (Å²) in [6.45, 7) is 5.26. The van der Waals surface area contributed by atoms with Crippen LogP contribution in [0.3, 0.4) is 0 Å². The maximum absolute atomic E-state index is 12.8. The van der Waals surface area contributed by atoms with Crippen molar-refractivity contribution in [2.24, 2.45) is 0 Å². The fraction of sp³-hybridized carbons (Fsp3) is 0.250. The Morgan fingerprint density at radius 3 is 1.03 bits per heavy atom. The second-order valence-corrected chi connectivity index (χ2v) is 8.32. The number of methoxy groups -OCH3 is 3. The van der Waals surface area contributed by atoms with Crippen molar-refractivity contribution in [1.29, 1.82) is 0 Å². The van der Waals surface area contributed by atoms with E-state index < -0.39 is 5.60 Å². The number of benzene rings is 3. The highest BCUT2D eigenvalue weighted by Gasteiger charge is 2.43. The normalized spacial score (nSPS) is 11.1. The maximum atomic E-state index is 12.8. The Bertz CT molecular complexity index is 1150. The number of aliphatic hydroxyl groups is 1. The third kappa shape index (κ3) is 4.31. The Hall–Kier alpha value is -3.97. The zero-order chi connectivity index (χ0) is 25.9. The van der Waals surface area contributed by atoms with Gasteiger partial charge in [0, 0.05) is 33.4 Å². The molecule has 35 heavy (non-hydrogen) atoms. The Morgan fingerprint density at radius 2 is 0.829 bits per heavy atom. The quantitative estimate of drug-likeness (QED) is 0.362. The van der Waals surface area contributed by atoms with Crippen molar-refractivity contribution in [1.82, 2.24) is 0 Å². The molecule has 3 aromatic carbocycles. The zero-order valence-electron chi connectivity index (χ0n) is 20.6. The van der Waals surface area contributed by atoms with Crippen LogP contribution in [0.15, 0.2) is 36.4 Å². The second-order valence-electron chi connectivity index (χ2n) is 8.32. The molecule has 7 nitrogen and oxygen atoms in total. The first-order valence-corrected chi connectivity index (χ1v) is 10.8. The number of aryl methyl sites for hydroxylation is 3. The average molecular weight is 477 g/mol. The molecule has 0 aliphatic rings. The van der Waals surface area contributed by atoms with E-state index in [0.29, 0.717) is 69.5 Å². The minimum atomic E-state index is -2.06. The molecule has 0 aromatic heterocycles. The molecule has 0 saturated heterocycles. The number of aldehydes is 3. The summed E-state index contributed by atoms with van der Waals surface area (Å²) in [5, 5.41) is 12.8. The van der Waals surface area contributed by atoms with Crippen molar-refractivity contribution in [3.8, 4) is 17.2 Å². The molecule has 0 bridgehead atoms. The minimum absolute atomic E-state index is 0.226. The van der Waals surface area contributed by atoms with Gasteiger partial charge in [-0.25, -0.2) is 0 Å². The molecular weight excluding hydrogens is 448 g/mol. The molecule has 0 unspecified atom stereocenters. The summed E-state index contributed by atoms with van der Waals surface area (Å²) in [6.07, 6.45) is 2.01. The van der Waals surface area contributed by atoms with Crippen LogP contribution in [0.4, 0.5) is 0 Å². The number of carbonyl (C=O) groups excluding carboxylic acids is 3. The smallest absolute Gasteiger partial charge is 0.151 e. The standard InChI is InChI=1S/C28H28O7/c1-16-7-19(13-29)10-22(25(16)33-4)28(32,23-11-20(14-30)8-17(2)26(23)34-5)24-12-21(15-31)9-18(3)27(24)35-6/h7-15,32H,1-6H3. The van der Waals surface area contributed by atoms with Crippen LogP contribution in [0.25, 0.3) is 0 Å². The third-order valence-corrected chi connectivity index (χ3v) is 6.08. The van der Waals surface area contributed by atoms with Crippen molar-refractivity contribution >= 4 is 18.9 Å². The zero-order valence-corrected chi connectivity index (χ0v) is 20.6. The molecule has 0 atom stereocenters. The van der Waals surface area contributed by atoms with E-state index in [4.69, 9.17) is 14.2 Å². The lowest BCUT2D eigenvalue weighted by molar-refractivity contribution is 0.111. The fourth-order valence-electron chi connectivity index (χ4n) is 4.66. The Kier molecular flexibility index (Phi) is 7.41. The predicted octanol–water partition coefficient (Wildman–Crippen LogP) is 4.36. The molecular formula is C28H28O7. The summed E-state index contributed by atoms with van der Waals surface area (Å²) in [4.78, 5) is 35.4. The van der Waals surface area contributed by atoms with Crippen molar-refractivity contribution < 1.29 is 33.7 Å². The molecule has 7 heteroatoms. The van der Waals surface area contributed by atoms with E-state index in [9.17, 15) is 19.5 Å². The van der Waals surface area contributed by atoms with E-state index in [0.717, 1.165) is 0 Å². The van der Waals surface area contributed by atoms with E-state index in [1.165, 1.54) is 39.5 Å². The topological polar surface area (TPSA) is 99.1 Å². The van der Waals surface area contributed by atoms with E-state index in [2.05, 4.69) is 0 Å². The summed E-state index contributed by atoms with van der Waals surface area (Å²) >= 11 is 0. The molecule has 0 spiro atoms. The van der Waals surface area contributed by atoms with Gasteiger partial charge in [-0.2, -0.15) is 0 Å². The number of hydrogen-bond acceptors (Lipinski definition) is 7. The van der Waals surface area contributed by atoms with Crippen LogP contribution >= 0.6 is 0 Å². The number of rotatable bonds is 9. The third-order valence-electron chi connectivity index (χ3n) is 6.08. The number of ether oxygens (including phenoxy) is 3. The van der Waals surface area contributed by atoms with E-state index in [1.807, 2.05) is 0 Å². The van der Waals surface area contributed by atoms with Gasteiger partial charge in [-0.3, -0.25) is 14.4 Å². The van der Waals surface area contributed by atoms with Crippen molar-refractivity contribution in [3.63, 3.8) is 0 Å². The Morgan fingerprint density at radius 1 is 0.571 bits per heavy atom. The van der Waals surface area contributed by atoms with Crippen molar-refractivity contribution in [3.05, 3.63) is 86.5 Å². The van der Waals surface area contributed by atoms with Crippen molar-refractivity contribution in [2.45, 2.75) is 26.4 Å². The summed E-state index contributed by atoms with van der Waals surface area (Å²) in [7, 11) is 4.38. The van der Waals surface area contributed by atoms with Crippen LogP contribution in [0.1, 0.15) is 64.5 Å². The maximum Gasteiger partial charge on any atom is 0.151 e. The highest BCUT2D eigenvalue weighted by molar-refractivity contribution is 5.81. The molecule has 0 heterocycles. The van der Waals surface area contributed by atoms with Gasteiger partial charge in [0.2, 0.25) is 0 Å². The molecule has 3 aromatic rings. The molecule has 0 radical (unpaired) electrons. The van der Waals surface area contributed by atoms with Gasteiger partial charge in [0.15, 0.2) is 5.60 Å². The summed E-state index contributed by atoms with van der Waals surface area (Å²) in [5.74, 6) is 0.974. The first-order valence-electron chi connectivity index (χ1n) is 10.8. The van der Waals surface area contributed by atoms with Crippen LogP contribution in [-0.2, 0) is 5.60 Å². The molecule has 0 aliphatic heterocycles. The Balaban J connectivity index is 2.67. The summed E-state index contributed by atoms with van der Waals surface area (Å²) in [5.41, 5.74) is 1.36. The second kappa shape index (κ2) is 10.1. The van der Waals surface area contributed by atoms with E-state index in [-0.39, 0.29) is 16.7 Å². The van der Waals surface area contributed by atoms with E-state index >= 15 is 0 Å². The fourth-order valence-corrected chi connectivity index (χ4v) is 4.66. The largest absolute Gasteiger partial charge is 0.496 e. The van der Waals surface area contributed by atoms with Crippen LogP contribution < -0.4 is 14.2 Å². The van der Waals surface area contributed by atoms with Gasteiger partial charge in [0.1, 0.15) is 36.1 Å².